The highest BCUT2D eigenvalue weighted by atomic mass is 79.9. The van der Waals surface area contributed by atoms with Crippen molar-refractivity contribution in [2.45, 2.75) is 26.7 Å². The average Bonchev–Trinajstić information content (AvgIpc) is 2.44. The molecule has 7 heteroatoms. The minimum Gasteiger partial charge on any atom is -0.481 e. The second-order valence-electron chi connectivity index (χ2n) is 4.70. The van der Waals surface area contributed by atoms with Gasteiger partial charge in [-0.3, -0.25) is 4.79 Å². The van der Waals surface area contributed by atoms with Crippen LogP contribution in [-0.4, -0.2) is 23.7 Å². The number of halogens is 2. The number of para-hydroxylation sites is 1. The van der Waals surface area contributed by atoms with Crippen LogP contribution in [0.25, 0.3) is 0 Å². The number of urea groups is 1. The molecule has 0 aliphatic rings. The molecule has 0 saturated heterocycles. The van der Waals surface area contributed by atoms with Crippen LogP contribution < -0.4 is 10.6 Å². The lowest BCUT2D eigenvalue weighted by Crippen LogP contribution is -2.43. The summed E-state index contributed by atoms with van der Waals surface area (Å²) in [4.78, 5) is 23.1. The second-order valence-corrected chi connectivity index (χ2v) is 5.55. The summed E-state index contributed by atoms with van der Waals surface area (Å²) in [5, 5.41) is 14.1. The lowest BCUT2D eigenvalue weighted by atomic mass is 9.82. The molecule has 21 heavy (non-hydrogen) atoms. The highest BCUT2D eigenvalue weighted by molar-refractivity contribution is 9.10. The van der Waals surface area contributed by atoms with Crippen LogP contribution in [0.4, 0.5) is 14.9 Å². The van der Waals surface area contributed by atoms with Gasteiger partial charge in [0.25, 0.3) is 0 Å². The number of anilines is 1. The SMILES string of the molecule is CCC(CC)(CNC(=O)Nc1c(F)cccc1Br)C(=O)O. The van der Waals surface area contributed by atoms with Gasteiger partial charge in [0.2, 0.25) is 0 Å². The van der Waals surface area contributed by atoms with E-state index >= 15 is 0 Å². The Morgan fingerprint density at radius 1 is 1.33 bits per heavy atom. The molecule has 1 rings (SSSR count). The molecule has 0 fully saturated rings. The molecule has 0 saturated carbocycles. The predicted octanol–water partition coefficient (Wildman–Crippen LogP) is 3.60. The van der Waals surface area contributed by atoms with Crippen molar-refractivity contribution in [1.29, 1.82) is 0 Å². The Morgan fingerprint density at radius 2 is 1.95 bits per heavy atom. The normalized spacial score (nSPS) is 11.0. The summed E-state index contributed by atoms with van der Waals surface area (Å²) < 4.78 is 14.0. The topological polar surface area (TPSA) is 78.4 Å². The molecule has 3 N–H and O–H groups in total. The number of carbonyl (C=O) groups is 2. The quantitative estimate of drug-likeness (QED) is 0.725. The van der Waals surface area contributed by atoms with Gasteiger partial charge in [0, 0.05) is 11.0 Å². The van der Waals surface area contributed by atoms with E-state index < -0.39 is 23.2 Å². The number of carbonyl (C=O) groups excluding carboxylic acids is 1. The van der Waals surface area contributed by atoms with Crippen molar-refractivity contribution in [2.75, 3.05) is 11.9 Å². The molecule has 0 unspecified atom stereocenters. The van der Waals surface area contributed by atoms with Gasteiger partial charge in [0.05, 0.1) is 11.1 Å². The standard InChI is InChI=1S/C14H18BrFN2O3/c1-3-14(4-2,12(19)20)8-17-13(21)18-11-9(15)6-5-7-10(11)16/h5-7H,3-4,8H2,1-2H3,(H,19,20)(H2,17,18,21). The number of nitrogens with one attached hydrogen (secondary N) is 2. The van der Waals surface area contributed by atoms with Gasteiger partial charge in [-0.2, -0.15) is 0 Å². The minimum atomic E-state index is -1.01. The van der Waals surface area contributed by atoms with Gasteiger partial charge in [-0.25, -0.2) is 9.18 Å². The zero-order chi connectivity index (χ0) is 16.0. The summed E-state index contributed by atoms with van der Waals surface area (Å²) in [7, 11) is 0. The number of carboxylic acid groups (broad SMARTS) is 1. The van der Waals surface area contributed by atoms with E-state index in [1.54, 1.807) is 19.9 Å². The molecule has 0 aromatic heterocycles. The highest BCUT2D eigenvalue weighted by Crippen LogP contribution is 2.27. The molecule has 0 spiro atoms. The van der Waals surface area contributed by atoms with Crippen LogP contribution in [-0.2, 0) is 4.79 Å². The Labute approximate surface area is 131 Å². The monoisotopic (exact) mass is 360 g/mol. The lowest BCUT2D eigenvalue weighted by molar-refractivity contribution is -0.149. The van der Waals surface area contributed by atoms with Gasteiger partial charge in [-0.1, -0.05) is 19.9 Å². The molecule has 0 radical (unpaired) electrons. The van der Waals surface area contributed by atoms with Crippen LogP contribution in [0, 0.1) is 11.2 Å². The fourth-order valence-electron chi connectivity index (χ4n) is 1.90. The van der Waals surface area contributed by atoms with Crippen molar-refractivity contribution in [3.63, 3.8) is 0 Å². The van der Waals surface area contributed by atoms with Gasteiger partial charge < -0.3 is 15.7 Å². The molecule has 5 nitrogen and oxygen atoms in total. The zero-order valence-corrected chi connectivity index (χ0v) is 13.5. The van der Waals surface area contributed by atoms with Gasteiger partial charge in [-0.15, -0.1) is 0 Å². The van der Waals surface area contributed by atoms with Crippen molar-refractivity contribution in [3.05, 3.63) is 28.5 Å². The summed E-state index contributed by atoms with van der Waals surface area (Å²) in [5.74, 6) is -1.53. The number of amides is 2. The fraction of sp³-hybridized carbons (Fsp3) is 0.429. The first-order valence-corrected chi connectivity index (χ1v) is 7.38. The number of hydrogen-bond acceptors (Lipinski definition) is 2. The largest absolute Gasteiger partial charge is 0.481 e. The second kappa shape index (κ2) is 7.40. The van der Waals surface area contributed by atoms with Crippen molar-refractivity contribution in [1.82, 2.24) is 5.32 Å². The first-order valence-electron chi connectivity index (χ1n) is 6.58. The zero-order valence-electron chi connectivity index (χ0n) is 11.9. The number of rotatable bonds is 6. The van der Waals surface area contributed by atoms with Gasteiger partial charge in [-0.05, 0) is 40.9 Å². The maximum atomic E-state index is 13.6. The number of aliphatic carboxylic acids is 1. The van der Waals surface area contributed by atoms with Crippen molar-refractivity contribution in [2.24, 2.45) is 5.41 Å². The van der Waals surface area contributed by atoms with Crippen LogP contribution in [0.15, 0.2) is 22.7 Å². The van der Waals surface area contributed by atoms with Gasteiger partial charge in [0.15, 0.2) is 0 Å². The van der Waals surface area contributed by atoms with E-state index in [1.807, 2.05) is 0 Å². The number of benzene rings is 1. The average molecular weight is 361 g/mol. The summed E-state index contributed by atoms with van der Waals surface area (Å²) >= 11 is 3.14. The first kappa shape index (κ1) is 17.4. The molecule has 116 valence electrons. The molecular weight excluding hydrogens is 343 g/mol. The van der Waals surface area contributed by atoms with Crippen molar-refractivity contribution >= 4 is 33.6 Å². The molecule has 2 amide bonds. The smallest absolute Gasteiger partial charge is 0.319 e. The Balaban J connectivity index is 2.72. The Morgan fingerprint density at radius 3 is 2.43 bits per heavy atom. The van der Waals surface area contributed by atoms with Crippen molar-refractivity contribution < 1.29 is 19.1 Å². The third kappa shape index (κ3) is 4.17. The van der Waals surface area contributed by atoms with Crippen LogP contribution >= 0.6 is 15.9 Å². The maximum Gasteiger partial charge on any atom is 0.319 e. The molecular formula is C14H18BrFN2O3. The summed E-state index contributed by atoms with van der Waals surface area (Å²) in [6.45, 7) is 3.49. The number of hydrogen-bond donors (Lipinski definition) is 3. The Kier molecular flexibility index (Phi) is 6.14. The molecule has 0 bridgehead atoms. The summed E-state index contributed by atoms with van der Waals surface area (Å²) in [5.41, 5.74) is -0.993. The lowest BCUT2D eigenvalue weighted by Gasteiger charge is -2.26. The van der Waals surface area contributed by atoms with Gasteiger partial charge in [0.1, 0.15) is 5.82 Å². The Hall–Kier alpha value is -1.63. The maximum absolute atomic E-state index is 13.6. The predicted molar refractivity (Wildman–Crippen MR) is 81.8 cm³/mol. The molecule has 0 heterocycles. The highest BCUT2D eigenvalue weighted by Gasteiger charge is 2.35. The van der Waals surface area contributed by atoms with E-state index in [2.05, 4.69) is 26.6 Å². The van der Waals surface area contributed by atoms with Crippen LogP contribution in [0.5, 0.6) is 0 Å². The Bertz CT molecular complexity index is 513. The first-order chi connectivity index (χ1) is 9.86. The van der Waals surface area contributed by atoms with Crippen LogP contribution in [0.2, 0.25) is 0 Å². The number of carboxylic acids is 1. The van der Waals surface area contributed by atoms with E-state index in [1.165, 1.54) is 12.1 Å². The van der Waals surface area contributed by atoms with E-state index in [9.17, 15) is 19.1 Å². The minimum absolute atomic E-state index is 0.0175. The molecule has 0 aliphatic carbocycles. The molecule has 1 aromatic carbocycles. The van der Waals surface area contributed by atoms with Gasteiger partial charge >= 0.3 is 12.0 Å². The molecule has 0 atom stereocenters. The van der Waals surface area contributed by atoms with Crippen LogP contribution in [0.1, 0.15) is 26.7 Å². The summed E-state index contributed by atoms with van der Waals surface area (Å²) in [6.07, 6.45) is 0.783. The molecule has 0 aliphatic heterocycles. The summed E-state index contributed by atoms with van der Waals surface area (Å²) in [6, 6.07) is 3.68. The third-order valence-electron chi connectivity index (χ3n) is 3.60. The fourth-order valence-corrected chi connectivity index (χ4v) is 2.34. The van der Waals surface area contributed by atoms with E-state index in [4.69, 9.17) is 0 Å². The van der Waals surface area contributed by atoms with E-state index in [0.29, 0.717) is 17.3 Å². The molecule has 1 aromatic rings. The van der Waals surface area contributed by atoms with E-state index in [0.717, 1.165) is 0 Å². The van der Waals surface area contributed by atoms with Crippen LogP contribution in [0.3, 0.4) is 0 Å². The van der Waals surface area contributed by atoms with Crippen molar-refractivity contribution in [3.8, 4) is 0 Å². The van der Waals surface area contributed by atoms with E-state index in [-0.39, 0.29) is 12.2 Å². The third-order valence-corrected chi connectivity index (χ3v) is 4.26.